The first-order chi connectivity index (χ1) is 5.41. The van der Waals surface area contributed by atoms with Crippen molar-refractivity contribution in [3.05, 3.63) is 18.2 Å². The zero-order chi connectivity index (χ0) is 9.35. The third-order valence-corrected chi connectivity index (χ3v) is 2.23. The normalized spacial score (nSPS) is 15.5. The molecule has 0 heterocycles. The Morgan fingerprint density at radius 2 is 1.92 bits per heavy atom. The molecule has 0 bridgehead atoms. The molecular weight excluding hydrogens is 183 g/mol. The van der Waals surface area contributed by atoms with Gasteiger partial charge in [-0.25, -0.2) is 0 Å². The largest absolute Gasteiger partial charge is 0.775 e. The topological polar surface area (TPSA) is 101 Å². The van der Waals surface area contributed by atoms with E-state index < -0.39 is 18.6 Å². The average molecular weight is 189 g/mol. The molecular formula is C6H6O5P-. The van der Waals surface area contributed by atoms with Crippen LogP contribution in [0.5, 0.6) is 11.5 Å². The second-order valence-electron chi connectivity index (χ2n) is 2.19. The smallest absolute Gasteiger partial charge is 0.166 e. The van der Waals surface area contributed by atoms with Gasteiger partial charge in [0.25, 0.3) is 0 Å². The third kappa shape index (κ3) is 1.76. The summed E-state index contributed by atoms with van der Waals surface area (Å²) in [4.78, 5) is 19.0. The lowest BCUT2D eigenvalue weighted by atomic mass is 10.3. The molecule has 6 heteroatoms. The number of hydrogen-bond acceptors (Lipinski definition) is 4. The fourth-order valence-corrected chi connectivity index (χ4v) is 1.40. The minimum absolute atomic E-state index is 0.340. The van der Waals surface area contributed by atoms with E-state index >= 15 is 0 Å². The predicted octanol–water partition coefficient (Wildman–Crippen LogP) is -0.731. The van der Waals surface area contributed by atoms with E-state index in [2.05, 4.69) is 0 Å². The zero-order valence-electron chi connectivity index (χ0n) is 5.84. The molecule has 1 rings (SSSR count). The maximum atomic E-state index is 10.5. The van der Waals surface area contributed by atoms with Crippen LogP contribution in [0.25, 0.3) is 0 Å². The van der Waals surface area contributed by atoms with Crippen LogP contribution >= 0.6 is 7.60 Å². The van der Waals surface area contributed by atoms with Crippen LogP contribution in [0.2, 0.25) is 0 Å². The van der Waals surface area contributed by atoms with Crippen molar-refractivity contribution in [2.24, 2.45) is 0 Å². The van der Waals surface area contributed by atoms with Gasteiger partial charge >= 0.3 is 0 Å². The van der Waals surface area contributed by atoms with Gasteiger partial charge in [0.15, 0.2) is 7.60 Å². The van der Waals surface area contributed by atoms with Crippen molar-refractivity contribution in [1.82, 2.24) is 0 Å². The number of phenolic OH excluding ortho intramolecular Hbond substituents is 2. The number of hydrogen-bond donors (Lipinski definition) is 3. The molecule has 1 aromatic rings. The number of phenols is 2. The average Bonchev–Trinajstić information content (AvgIpc) is 1.92. The second-order valence-corrected chi connectivity index (χ2v) is 3.72. The van der Waals surface area contributed by atoms with Gasteiger partial charge < -0.3 is 24.6 Å². The standard InChI is InChI=1S/C6H7O5P/c7-4-1-2-5(8)6(3-4)12(9,10)11/h1-3,7-8H,(H2,9,10,11)/p-1. The Labute approximate surface area is 68.1 Å². The van der Waals surface area contributed by atoms with Gasteiger partial charge in [0.05, 0.1) is 5.30 Å². The molecule has 0 amide bonds. The Morgan fingerprint density at radius 1 is 1.33 bits per heavy atom. The van der Waals surface area contributed by atoms with Crippen LogP contribution in [-0.4, -0.2) is 15.1 Å². The molecule has 0 saturated carbocycles. The summed E-state index contributed by atoms with van der Waals surface area (Å²) < 4.78 is 10.5. The van der Waals surface area contributed by atoms with Crippen LogP contribution in [0.15, 0.2) is 18.2 Å². The first kappa shape index (κ1) is 9.06. The van der Waals surface area contributed by atoms with E-state index in [0.29, 0.717) is 0 Å². The lowest BCUT2D eigenvalue weighted by molar-refractivity contribution is -0.188. The van der Waals surface area contributed by atoms with Crippen molar-refractivity contribution in [1.29, 1.82) is 0 Å². The van der Waals surface area contributed by atoms with Crippen molar-refractivity contribution >= 4 is 12.9 Å². The molecule has 66 valence electrons. The van der Waals surface area contributed by atoms with Crippen LogP contribution < -0.4 is 10.2 Å². The third-order valence-electron chi connectivity index (χ3n) is 1.26. The molecule has 12 heavy (non-hydrogen) atoms. The minimum atomic E-state index is -4.74. The number of benzene rings is 1. The Hall–Kier alpha value is -1.03. The lowest BCUT2D eigenvalue weighted by Crippen LogP contribution is -2.14. The maximum Gasteiger partial charge on any atom is 0.166 e. The summed E-state index contributed by atoms with van der Waals surface area (Å²) in [5.74, 6) is -0.929. The quantitative estimate of drug-likeness (QED) is 0.399. The summed E-state index contributed by atoms with van der Waals surface area (Å²) >= 11 is 0. The fourth-order valence-electron chi connectivity index (χ4n) is 0.738. The van der Waals surface area contributed by atoms with Gasteiger partial charge in [0.2, 0.25) is 0 Å². The van der Waals surface area contributed by atoms with E-state index in [9.17, 15) is 9.46 Å². The summed E-state index contributed by atoms with van der Waals surface area (Å²) in [7, 11) is -4.74. The SMILES string of the molecule is O=P([O-])(O)c1cc(O)ccc1O. The van der Waals surface area contributed by atoms with Crippen molar-refractivity contribution in [3.8, 4) is 11.5 Å². The van der Waals surface area contributed by atoms with E-state index in [0.717, 1.165) is 18.2 Å². The molecule has 0 spiro atoms. The van der Waals surface area contributed by atoms with Gasteiger partial charge in [-0.1, -0.05) is 0 Å². The van der Waals surface area contributed by atoms with Crippen molar-refractivity contribution in [3.63, 3.8) is 0 Å². The Bertz CT molecular complexity index is 342. The van der Waals surface area contributed by atoms with Gasteiger partial charge in [0, 0.05) is 0 Å². The molecule has 3 N–H and O–H groups in total. The van der Waals surface area contributed by atoms with Gasteiger partial charge in [0.1, 0.15) is 11.5 Å². The molecule has 0 aliphatic rings. The zero-order valence-corrected chi connectivity index (χ0v) is 6.73. The molecule has 0 saturated heterocycles. The highest BCUT2D eigenvalue weighted by Gasteiger charge is 2.12. The van der Waals surface area contributed by atoms with E-state index in [1.54, 1.807) is 0 Å². The first-order valence-electron chi connectivity index (χ1n) is 2.97. The first-order valence-corrected chi connectivity index (χ1v) is 4.55. The highest BCUT2D eigenvalue weighted by Crippen LogP contribution is 2.33. The highest BCUT2D eigenvalue weighted by atomic mass is 31.2. The van der Waals surface area contributed by atoms with Crippen LogP contribution in [0.3, 0.4) is 0 Å². The van der Waals surface area contributed by atoms with Crippen molar-refractivity contribution in [2.75, 3.05) is 0 Å². The summed E-state index contributed by atoms with van der Waals surface area (Å²) in [6.45, 7) is 0. The summed E-state index contributed by atoms with van der Waals surface area (Å²) in [6.07, 6.45) is 0. The van der Waals surface area contributed by atoms with Gasteiger partial charge in [-0.3, -0.25) is 0 Å². The van der Waals surface area contributed by atoms with Crippen LogP contribution in [-0.2, 0) is 4.57 Å². The van der Waals surface area contributed by atoms with E-state index in [-0.39, 0.29) is 5.75 Å². The van der Waals surface area contributed by atoms with Crippen LogP contribution in [0.1, 0.15) is 0 Å². The van der Waals surface area contributed by atoms with Crippen molar-refractivity contribution in [2.45, 2.75) is 0 Å². The summed E-state index contributed by atoms with van der Waals surface area (Å²) in [5.41, 5.74) is 0. The summed E-state index contributed by atoms with van der Waals surface area (Å²) in [6, 6.07) is 2.85. The molecule has 0 radical (unpaired) electrons. The predicted molar refractivity (Wildman–Crippen MR) is 39.2 cm³/mol. The maximum absolute atomic E-state index is 10.5. The molecule has 0 fully saturated rings. The monoisotopic (exact) mass is 189 g/mol. The summed E-state index contributed by atoms with van der Waals surface area (Å²) in [5, 5.41) is 17.1. The molecule has 0 aromatic heterocycles. The van der Waals surface area contributed by atoms with Gasteiger partial charge in [-0.15, -0.1) is 0 Å². The number of aromatic hydroxyl groups is 2. The molecule has 1 aromatic carbocycles. The second kappa shape index (κ2) is 2.79. The highest BCUT2D eigenvalue weighted by molar-refractivity contribution is 7.59. The van der Waals surface area contributed by atoms with E-state index in [4.69, 9.17) is 15.1 Å². The Balaban J connectivity index is 3.33. The lowest BCUT2D eigenvalue weighted by Gasteiger charge is -2.16. The van der Waals surface area contributed by atoms with Crippen LogP contribution in [0.4, 0.5) is 0 Å². The van der Waals surface area contributed by atoms with Gasteiger partial charge in [-0.05, 0) is 18.2 Å². The molecule has 1 unspecified atom stereocenters. The Morgan fingerprint density at radius 3 is 2.33 bits per heavy atom. The van der Waals surface area contributed by atoms with Crippen molar-refractivity contribution < 1.29 is 24.6 Å². The van der Waals surface area contributed by atoms with E-state index in [1.165, 1.54) is 0 Å². The molecule has 5 nitrogen and oxygen atoms in total. The van der Waals surface area contributed by atoms with E-state index in [1.807, 2.05) is 0 Å². The van der Waals surface area contributed by atoms with Crippen LogP contribution in [0, 0.1) is 0 Å². The van der Waals surface area contributed by atoms with Gasteiger partial charge in [-0.2, -0.15) is 0 Å². The molecule has 1 atom stereocenters. The number of rotatable bonds is 1. The fraction of sp³-hybridized carbons (Fsp3) is 0. The minimum Gasteiger partial charge on any atom is -0.775 e. The Kier molecular flexibility index (Phi) is 2.10. The molecule has 0 aliphatic carbocycles. The molecule has 0 aliphatic heterocycles.